The Hall–Kier alpha value is -1.75. The molecule has 2 aromatic rings. The molecule has 1 aliphatic rings. The first kappa shape index (κ1) is 16.1. The Morgan fingerprint density at radius 1 is 1.17 bits per heavy atom. The molecule has 4 nitrogen and oxygen atoms in total. The zero-order valence-electron chi connectivity index (χ0n) is 13.6. The minimum absolute atomic E-state index is 0.126. The molecule has 1 N–H and O–H groups in total. The van der Waals surface area contributed by atoms with Crippen molar-refractivity contribution in [1.29, 1.82) is 0 Å². The van der Waals surface area contributed by atoms with Gasteiger partial charge in [0.25, 0.3) is 0 Å². The van der Waals surface area contributed by atoms with Gasteiger partial charge < -0.3 is 9.84 Å². The molecule has 0 bridgehead atoms. The first-order valence-corrected chi connectivity index (χ1v) is 8.06. The minimum Gasteiger partial charge on any atom is -0.396 e. The third-order valence-electron chi connectivity index (χ3n) is 4.31. The van der Waals surface area contributed by atoms with E-state index in [1.54, 1.807) is 0 Å². The molecule has 2 heterocycles. The third-order valence-corrected chi connectivity index (χ3v) is 4.31. The predicted molar refractivity (Wildman–Crippen MR) is 89.9 cm³/mol. The van der Waals surface area contributed by atoms with E-state index in [1.807, 2.05) is 24.4 Å². The van der Waals surface area contributed by atoms with Crippen LogP contribution >= 0.6 is 0 Å². The lowest BCUT2D eigenvalue weighted by Gasteiger charge is -2.43. The van der Waals surface area contributed by atoms with Crippen molar-refractivity contribution in [3.63, 3.8) is 0 Å². The van der Waals surface area contributed by atoms with Crippen molar-refractivity contribution in [2.75, 3.05) is 26.4 Å². The molecule has 0 atom stereocenters. The second-order valence-electron chi connectivity index (χ2n) is 6.61. The lowest BCUT2D eigenvalue weighted by molar-refractivity contribution is -0.150. The van der Waals surface area contributed by atoms with Crippen LogP contribution in [-0.2, 0) is 17.8 Å². The van der Waals surface area contributed by atoms with Gasteiger partial charge in [0.2, 0.25) is 0 Å². The fourth-order valence-electron chi connectivity index (χ4n) is 3.05. The van der Waals surface area contributed by atoms with E-state index in [1.165, 1.54) is 11.1 Å². The molecule has 1 aliphatic heterocycles. The lowest BCUT2D eigenvalue weighted by Crippen LogP contribution is -2.53. The molecule has 23 heavy (non-hydrogen) atoms. The molecule has 0 unspecified atom stereocenters. The van der Waals surface area contributed by atoms with Gasteiger partial charge in [0.1, 0.15) is 0 Å². The van der Waals surface area contributed by atoms with Gasteiger partial charge in [-0.2, -0.15) is 0 Å². The Balaban J connectivity index is 1.75. The van der Waals surface area contributed by atoms with E-state index in [4.69, 9.17) is 4.74 Å². The number of hydrogen-bond acceptors (Lipinski definition) is 4. The zero-order chi connectivity index (χ0) is 16.1. The first-order valence-electron chi connectivity index (χ1n) is 8.06. The summed E-state index contributed by atoms with van der Waals surface area (Å²) in [7, 11) is 0. The summed E-state index contributed by atoms with van der Waals surface area (Å²) in [4.78, 5) is 6.80. The summed E-state index contributed by atoms with van der Waals surface area (Å²) >= 11 is 0. The number of aromatic nitrogens is 1. The largest absolute Gasteiger partial charge is 0.396 e. The van der Waals surface area contributed by atoms with E-state index < -0.39 is 0 Å². The smallest absolute Gasteiger partial charge is 0.0579 e. The van der Waals surface area contributed by atoms with Crippen LogP contribution in [0.15, 0.2) is 48.7 Å². The average molecular weight is 312 g/mol. The monoisotopic (exact) mass is 312 g/mol. The van der Waals surface area contributed by atoms with Crippen LogP contribution in [0.25, 0.3) is 0 Å². The highest BCUT2D eigenvalue weighted by Gasteiger charge is 2.39. The summed E-state index contributed by atoms with van der Waals surface area (Å²) < 4.78 is 5.35. The highest BCUT2D eigenvalue weighted by Crippen LogP contribution is 2.29. The number of aliphatic hydroxyl groups excluding tert-OH is 1. The minimum atomic E-state index is -0.126. The summed E-state index contributed by atoms with van der Waals surface area (Å²) in [6.45, 7) is 5.98. The number of aryl methyl sites for hydroxylation is 1. The molecule has 4 heteroatoms. The van der Waals surface area contributed by atoms with Gasteiger partial charge >= 0.3 is 0 Å². The molecular weight excluding hydrogens is 288 g/mol. The molecule has 1 aromatic heterocycles. The van der Waals surface area contributed by atoms with Crippen molar-refractivity contribution in [1.82, 2.24) is 9.88 Å². The van der Waals surface area contributed by atoms with E-state index in [0.717, 1.165) is 25.3 Å². The Morgan fingerprint density at radius 2 is 2.04 bits per heavy atom. The van der Waals surface area contributed by atoms with Gasteiger partial charge in [0, 0.05) is 25.8 Å². The van der Waals surface area contributed by atoms with Crippen LogP contribution in [-0.4, -0.2) is 41.4 Å². The highest BCUT2D eigenvalue weighted by atomic mass is 16.5. The fourth-order valence-corrected chi connectivity index (χ4v) is 3.05. The summed E-state index contributed by atoms with van der Waals surface area (Å²) in [6.07, 6.45) is 1.83. The summed E-state index contributed by atoms with van der Waals surface area (Å²) in [5.74, 6) is 0. The molecule has 0 aliphatic carbocycles. The van der Waals surface area contributed by atoms with Gasteiger partial charge in [-0.05, 0) is 24.6 Å². The highest BCUT2D eigenvalue weighted by molar-refractivity contribution is 5.22. The van der Waals surface area contributed by atoms with Gasteiger partial charge in [0.15, 0.2) is 0 Å². The van der Waals surface area contributed by atoms with Gasteiger partial charge in [-0.3, -0.25) is 9.88 Å². The molecule has 1 aromatic carbocycles. The van der Waals surface area contributed by atoms with Crippen LogP contribution in [0.1, 0.15) is 16.8 Å². The van der Waals surface area contributed by atoms with E-state index in [2.05, 4.69) is 41.1 Å². The number of nitrogens with zero attached hydrogens (tertiary/aromatic N) is 2. The molecule has 0 amide bonds. The number of benzene rings is 1. The van der Waals surface area contributed by atoms with E-state index >= 15 is 0 Å². The van der Waals surface area contributed by atoms with Crippen molar-refractivity contribution in [3.8, 4) is 0 Å². The van der Waals surface area contributed by atoms with E-state index in [0.29, 0.717) is 13.2 Å². The number of aliphatic hydroxyl groups is 1. The maximum Gasteiger partial charge on any atom is 0.0579 e. The molecule has 0 radical (unpaired) electrons. The van der Waals surface area contributed by atoms with Crippen LogP contribution in [0.3, 0.4) is 0 Å². The molecule has 3 rings (SSSR count). The normalized spacial score (nSPS) is 16.3. The van der Waals surface area contributed by atoms with Crippen LogP contribution in [0.5, 0.6) is 0 Å². The molecule has 0 spiro atoms. The standard InChI is InChI=1S/C19H24N2O2/c1-16-5-4-6-17(9-16)10-21(11-18-7-2-3-8-20-18)12-19(13-22)14-23-15-19/h2-9,22H,10-15H2,1H3. The molecule has 1 saturated heterocycles. The van der Waals surface area contributed by atoms with E-state index in [-0.39, 0.29) is 12.0 Å². The molecule has 122 valence electrons. The van der Waals surface area contributed by atoms with Crippen molar-refractivity contribution in [2.24, 2.45) is 5.41 Å². The fraction of sp³-hybridized carbons (Fsp3) is 0.421. The summed E-state index contributed by atoms with van der Waals surface area (Å²) in [5, 5.41) is 9.74. The molecule has 0 saturated carbocycles. The van der Waals surface area contributed by atoms with Crippen LogP contribution in [0, 0.1) is 12.3 Å². The Kier molecular flexibility index (Phi) is 5.06. The quantitative estimate of drug-likeness (QED) is 0.853. The van der Waals surface area contributed by atoms with E-state index in [9.17, 15) is 5.11 Å². The maximum absolute atomic E-state index is 9.74. The Bertz CT molecular complexity index is 621. The van der Waals surface area contributed by atoms with Gasteiger partial charge in [-0.15, -0.1) is 0 Å². The maximum atomic E-state index is 9.74. The van der Waals surface area contributed by atoms with Crippen molar-refractivity contribution < 1.29 is 9.84 Å². The molecular formula is C19H24N2O2. The average Bonchev–Trinajstić information content (AvgIpc) is 2.52. The molecule has 1 fully saturated rings. The lowest BCUT2D eigenvalue weighted by atomic mass is 9.86. The number of hydrogen-bond donors (Lipinski definition) is 1. The summed E-state index contributed by atoms with van der Waals surface area (Å²) in [5.41, 5.74) is 3.48. The SMILES string of the molecule is Cc1cccc(CN(Cc2ccccn2)CC2(CO)COC2)c1. The third kappa shape index (κ3) is 4.16. The van der Waals surface area contributed by atoms with Crippen LogP contribution < -0.4 is 0 Å². The van der Waals surface area contributed by atoms with Crippen LogP contribution in [0.2, 0.25) is 0 Å². The Labute approximate surface area is 137 Å². The van der Waals surface area contributed by atoms with Crippen molar-refractivity contribution in [2.45, 2.75) is 20.0 Å². The topological polar surface area (TPSA) is 45.6 Å². The second kappa shape index (κ2) is 7.21. The zero-order valence-corrected chi connectivity index (χ0v) is 13.6. The summed E-state index contributed by atoms with van der Waals surface area (Å²) in [6, 6.07) is 14.6. The van der Waals surface area contributed by atoms with Gasteiger partial charge in [-0.1, -0.05) is 35.9 Å². The van der Waals surface area contributed by atoms with Gasteiger partial charge in [0.05, 0.1) is 30.9 Å². The number of rotatable bonds is 7. The first-order chi connectivity index (χ1) is 11.2. The number of pyridine rings is 1. The second-order valence-corrected chi connectivity index (χ2v) is 6.61. The van der Waals surface area contributed by atoms with Crippen LogP contribution in [0.4, 0.5) is 0 Å². The van der Waals surface area contributed by atoms with Gasteiger partial charge in [-0.25, -0.2) is 0 Å². The van der Waals surface area contributed by atoms with Crippen molar-refractivity contribution in [3.05, 3.63) is 65.5 Å². The number of ether oxygens (including phenoxy) is 1. The Morgan fingerprint density at radius 3 is 2.65 bits per heavy atom. The predicted octanol–water partition coefficient (Wildman–Crippen LogP) is 2.40. The van der Waals surface area contributed by atoms with Crippen molar-refractivity contribution >= 4 is 0 Å².